The number of aryl methyl sites for hydroxylation is 1. The molecular formula is C16H21N3O2. The average molecular weight is 287 g/mol. The summed E-state index contributed by atoms with van der Waals surface area (Å²) in [6.07, 6.45) is 4.16. The highest BCUT2D eigenvalue weighted by Gasteiger charge is 2.26. The fourth-order valence-electron chi connectivity index (χ4n) is 2.52. The Hall–Kier alpha value is -2.04. The van der Waals surface area contributed by atoms with Crippen LogP contribution in [0.1, 0.15) is 42.1 Å². The van der Waals surface area contributed by atoms with Crippen LogP contribution in [-0.2, 0) is 11.2 Å². The summed E-state index contributed by atoms with van der Waals surface area (Å²) in [4.78, 5) is 24.1. The fraction of sp³-hybridized carbons (Fsp3) is 0.500. The maximum Gasteiger partial charge on any atom is 0.251 e. The van der Waals surface area contributed by atoms with Crippen LogP contribution in [0.5, 0.6) is 0 Å². The van der Waals surface area contributed by atoms with E-state index in [0.29, 0.717) is 11.6 Å². The normalized spacial score (nSPS) is 18.1. The molecule has 112 valence electrons. The van der Waals surface area contributed by atoms with Gasteiger partial charge in [0.1, 0.15) is 6.04 Å². The standard InChI is InChI=1S/C16H21N3O2/c1-10(15(20)19-13-5-6-13)18-16(21)12-4-7-14-11(9-12)3-2-8-17-14/h4,7,9-10,13,17H,2-3,5-6,8H2,1H3,(H,18,21)(H,19,20). The number of carbonyl (C=O) groups is 2. The second kappa shape index (κ2) is 5.76. The van der Waals surface area contributed by atoms with Crippen LogP contribution in [0.15, 0.2) is 18.2 Å². The number of nitrogens with one attached hydrogen (secondary N) is 3. The van der Waals surface area contributed by atoms with Gasteiger partial charge in [0.2, 0.25) is 5.91 Å². The first-order valence-corrected chi connectivity index (χ1v) is 7.61. The van der Waals surface area contributed by atoms with E-state index in [1.165, 1.54) is 5.56 Å². The molecule has 5 nitrogen and oxygen atoms in total. The molecule has 5 heteroatoms. The second-order valence-corrected chi connectivity index (χ2v) is 5.88. The Labute approximate surface area is 124 Å². The van der Waals surface area contributed by atoms with Crippen molar-refractivity contribution < 1.29 is 9.59 Å². The predicted octanol–water partition coefficient (Wildman–Crippen LogP) is 1.44. The highest BCUT2D eigenvalue weighted by atomic mass is 16.2. The van der Waals surface area contributed by atoms with Gasteiger partial charge in [-0.25, -0.2) is 0 Å². The lowest BCUT2D eigenvalue weighted by Gasteiger charge is -2.19. The van der Waals surface area contributed by atoms with Gasteiger partial charge in [-0.3, -0.25) is 9.59 Å². The molecule has 1 aliphatic carbocycles. The molecule has 1 atom stereocenters. The molecule has 0 radical (unpaired) electrons. The van der Waals surface area contributed by atoms with Gasteiger partial charge in [0.25, 0.3) is 5.91 Å². The summed E-state index contributed by atoms with van der Waals surface area (Å²) in [5, 5.41) is 8.98. The van der Waals surface area contributed by atoms with Crippen molar-refractivity contribution in [3.8, 4) is 0 Å². The summed E-state index contributed by atoms with van der Waals surface area (Å²) in [5.74, 6) is -0.299. The van der Waals surface area contributed by atoms with Crippen LogP contribution in [-0.4, -0.2) is 30.4 Å². The highest BCUT2D eigenvalue weighted by molar-refractivity contribution is 5.98. The topological polar surface area (TPSA) is 70.2 Å². The van der Waals surface area contributed by atoms with E-state index in [9.17, 15) is 9.59 Å². The van der Waals surface area contributed by atoms with Crippen molar-refractivity contribution in [2.75, 3.05) is 11.9 Å². The lowest BCUT2D eigenvalue weighted by Crippen LogP contribution is -2.45. The molecule has 1 heterocycles. The molecule has 1 aromatic carbocycles. The third-order valence-electron chi connectivity index (χ3n) is 3.97. The lowest BCUT2D eigenvalue weighted by molar-refractivity contribution is -0.122. The Morgan fingerprint density at radius 1 is 1.33 bits per heavy atom. The van der Waals surface area contributed by atoms with E-state index in [1.54, 1.807) is 13.0 Å². The summed E-state index contributed by atoms with van der Waals surface area (Å²) in [6, 6.07) is 5.47. The van der Waals surface area contributed by atoms with Crippen molar-refractivity contribution in [2.24, 2.45) is 0 Å². The molecule has 21 heavy (non-hydrogen) atoms. The van der Waals surface area contributed by atoms with E-state index in [4.69, 9.17) is 0 Å². The summed E-state index contributed by atoms with van der Waals surface area (Å²) >= 11 is 0. The third-order valence-corrected chi connectivity index (χ3v) is 3.97. The van der Waals surface area contributed by atoms with E-state index in [2.05, 4.69) is 16.0 Å². The monoisotopic (exact) mass is 287 g/mol. The van der Waals surface area contributed by atoms with Gasteiger partial charge in [0, 0.05) is 23.8 Å². The van der Waals surface area contributed by atoms with Crippen LogP contribution in [0, 0.1) is 0 Å². The molecule has 0 aromatic heterocycles. The summed E-state index contributed by atoms with van der Waals surface area (Å²) in [7, 11) is 0. The third kappa shape index (κ3) is 3.35. The Bertz CT molecular complexity index is 567. The van der Waals surface area contributed by atoms with Crippen molar-refractivity contribution in [1.29, 1.82) is 0 Å². The van der Waals surface area contributed by atoms with Gasteiger partial charge < -0.3 is 16.0 Å². The number of hydrogen-bond donors (Lipinski definition) is 3. The summed E-state index contributed by atoms with van der Waals surface area (Å²) in [5.41, 5.74) is 2.89. The van der Waals surface area contributed by atoms with Gasteiger partial charge in [0.15, 0.2) is 0 Å². The number of benzene rings is 1. The smallest absolute Gasteiger partial charge is 0.251 e. The Balaban J connectivity index is 1.62. The quantitative estimate of drug-likeness (QED) is 0.785. The lowest BCUT2D eigenvalue weighted by atomic mass is 10.0. The summed E-state index contributed by atoms with van der Waals surface area (Å²) in [6.45, 7) is 2.70. The predicted molar refractivity (Wildman–Crippen MR) is 81.3 cm³/mol. The second-order valence-electron chi connectivity index (χ2n) is 5.88. The molecule has 1 unspecified atom stereocenters. The number of carbonyl (C=O) groups excluding carboxylic acids is 2. The minimum atomic E-state index is -0.507. The Morgan fingerprint density at radius 3 is 2.90 bits per heavy atom. The van der Waals surface area contributed by atoms with Crippen LogP contribution in [0.4, 0.5) is 5.69 Å². The van der Waals surface area contributed by atoms with E-state index < -0.39 is 6.04 Å². The number of rotatable bonds is 4. The van der Waals surface area contributed by atoms with Gasteiger partial charge >= 0.3 is 0 Å². The fourth-order valence-corrected chi connectivity index (χ4v) is 2.52. The van der Waals surface area contributed by atoms with E-state index in [0.717, 1.165) is 37.9 Å². The van der Waals surface area contributed by atoms with Crippen LogP contribution in [0.3, 0.4) is 0 Å². The molecule has 1 aliphatic heterocycles. The molecule has 0 spiro atoms. The first kappa shape index (κ1) is 13.9. The Kier molecular flexibility index (Phi) is 3.82. The molecule has 1 fully saturated rings. The van der Waals surface area contributed by atoms with Gasteiger partial charge in [-0.1, -0.05) is 0 Å². The van der Waals surface area contributed by atoms with Crippen LogP contribution in [0.2, 0.25) is 0 Å². The SMILES string of the molecule is CC(NC(=O)c1ccc2c(c1)CCCN2)C(=O)NC1CC1. The molecule has 0 bridgehead atoms. The average Bonchev–Trinajstić information content (AvgIpc) is 3.30. The van der Waals surface area contributed by atoms with Crippen LogP contribution in [0.25, 0.3) is 0 Å². The van der Waals surface area contributed by atoms with Crippen molar-refractivity contribution >= 4 is 17.5 Å². The van der Waals surface area contributed by atoms with Crippen molar-refractivity contribution in [1.82, 2.24) is 10.6 Å². The largest absolute Gasteiger partial charge is 0.385 e. The van der Waals surface area contributed by atoms with Crippen molar-refractivity contribution in [2.45, 2.75) is 44.7 Å². The number of amides is 2. The zero-order chi connectivity index (χ0) is 14.8. The molecule has 0 saturated heterocycles. The highest BCUT2D eigenvalue weighted by Crippen LogP contribution is 2.23. The molecule has 3 rings (SSSR count). The molecule has 2 amide bonds. The minimum Gasteiger partial charge on any atom is -0.385 e. The van der Waals surface area contributed by atoms with E-state index in [1.807, 2.05) is 12.1 Å². The van der Waals surface area contributed by atoms with Crippen molar-refractivity contribution in [3.63, 3.8) is 0 Å². The number of hydrogen-bond acceptors (Lipinski definition) is 3. The molecule has 1 saturated carbocycles. The molecule has 3 N–H and O–H groups in total. The number of fused-ring (bicyclic) bond motifs is 1. The molecule has 2 aliphatic rings. The van der Waals surface area contributed by atoms with Gasteiger partial charge in [0.05, 0.1) is 0 Å². The zero-order valence-corrected chi connectivity index (χ0v) is 12.2. The van der Waals surface area contributed by atoms with E-state index in [-0.39, 0.29) is 11.8 Å². The molecular weight excluding hydrogens is 266 g/mol. The van der Waals surface area contributed by atoms with Gasteiger partial charge in [-0.15, -0.1) is 0 Å². The maximum atomic E-state index is 12.2. The maximum absolute atomic E-state index is 12.2. The first-order valence-electron chi connectivity index (χ1n) is 7.61. The van der Waals surface area contributed by atoms with Crippen molar-refractivity contribution in [3.05, 3.63) is 29.3 Å². The summed E-state index contributed by atoms with van der Waals surface area (Å²) < 4.78 is 0. The van der Waals surface area contributed by atoms with Crippen LogP contribution >= 0.6 is 0 Å². The minimum absolute atomic E-state index is 0.106. The first-order chi connectivity index (χ1) is 10.1. The zero-order valence-electron chi connectivity index (χ0n) is 12.2. The van der Waals surface area contributed by atoms with E-state index >= 15 is 0 Å². The molecule has 1 aromatic rings. The van der Waals surface area contributed by atoms with Gasteiger partial charge in [-0.2, -0.15) is 0 Å². The van der Waals surface area contributed by atoms with Gasteiger partial charge in [-0.05, 0) is 56.4 Å². The van der Waals surface area contributed by atoms with Crippen LogP contribution < -0.4 is 16.0 Å². The number of anilines is 1. The Morgan fingerprint density at radius 2 is 2.14 bits per heavy atom.